The molecule has 0 bridgehead atoms. The molecule has 0 unspecified atom stereocenters. The molecule has 8 heteroatoms. The number of Topliss-reactive ketones (excluding diaryl/α,β-unsaturated/α-hetero) is 1. The molecule has 2 rings (SSSR count). The zero-order valence-electron chi connectivity index (χ0n) is 12.1. The van der Waals surface area contributed by atoms with Crippen molar-refractivity contribution in [3.05, 3.63) is 56.7 Å². The number of ketones is 1. The number of sulfone groups is 1. The number of hydrogen-bond donors (Lipinski definition) is 0. The average Bonchev–Trinajstić information content (AvgIpc) is 2.89. The predicted octanol–water partition coefficient (Wildman–Crippen LogP) is 2.99. The Kier molecular flexibility index (Phi) is 5.56. The number of carbonyl (C=O) groups excluding carboxylic acids is 2. The van der Waals surface area contributed by atoms with Crippen LogP contribution < -0.4 is 0 Å². The van der Waals surface area contributed by atoms with E-state index in [1.807, 2.05) is 0 Å². The van der Waals surface area contributed by atoms with Gasteiger partial charge in [-0.05, 0) is 29.8 Å². The minimum Gasteiger partial charge on any atom is -0.454 e. The van der Waals surface area contributed by atoms with E-state index in [4.69, 9.17) is 16.3 Å². The Morgan fingerprint density at radius 3 is 2.57 bits per heavy atom. The second-order valence-electron chi connectivity index (χ2n) is 4.87. The van der Waals surface area contributed by atoms with Crippen LogP contribution in [0.3, 0.4) is 0 Å². The van der Waals surface area contributed by atoms with Crippen LogP contribution >= 0.6 is 22.9 Å². The number of hydrogen-bond acceptors (Lipinski definition) is 6. The SMILES string of the molecule is CS(=O)(=O)Cc1cccc(C(=O)OCC(=O)c2ccc(Cl)s2)c1. The maximum absolute atomic E-state index is 12.0. The van der Waals surface area contributed by atoms with Crippen molar-refractivity contribution in [2.24, 2.45) is 0 Å². The Balaban J connectivity index is 2.01. The van der Waals surface area contributed by atoms with Gasteiger partial charge in [-0.25, -0.2) is 13.2 Å². The van der Waals surface area contributed by atoms with Gasteiger partial charge in [0.15, 0.2) is 16.4 Å². The predicted molar refractivity (Wildman–Crippen MR) is 88.9 cm³/mol. The summed E-state index contributed by atoms with van der Waals surface area (Å²) in [6.07, 6.45) is 1.11. The molecule has 1 aromatic carbocycles. The molecule has 0 radical (unpaired) electrons. The molecule has 1 heterocycles. The van der Waals surface area contributed by atoms with E-state index in [-0.39, 0.29) is 17.1 Å². The molecule has 0 atom stereocenters. The molecule has 0 N–H and O–H groups in total. The number of benzene rings is 1. The molecule has 23 heavy (non-hydrogen) atoms. The number of ether oxygens (including phenoxy) is 1. The van der Waals surface area contributed by atoms with Gasteiger partial charge in [-0.15, -0.1) is 11.3 Å². The Bertz CT molecular complexity index is 839. The molecule has 0 aliphatic rings. The van der Waals surface area contributed by atoms with E-state index < -0.39 is 22.4 Å². The maximum atomic E-state index is 12.0. The molecule has 0 saturated heterocycles. The van der Waals surface area contributed by atoms with Crippen LogP contribution in [0.5, 0.6) is 0 Å². The van der Waals surface area contributed by atoms with E-state index in [9.17, 15) is 18.0 Å². The zero-order chi connectivity index (χ0) is 17.0. The lowest BCUT2D eigenvalue weighted by Gasteiger charge is -2.05. The lowest BCUT2D eigenvalue weighted by atomic mass is 10.1. The van der Waals surface area contributed by atoms with E-state index in [2.05, 4.69) is 0 Å². The van der Waals surface area contributed by atoms with Crippen molar-refractivity contribution in [2.45, 2.75) is 5.75 Å². The highest BCUT2D eigenvalue weighted by molar-refractivity contribution is 7.89. The van der Waals surface area contributed by atoms with Crippen molar-refractivity contribution >= 4 is 44.5 Å². The molecular formula is C15H13ClO5S2. The zero-order valence-corrected chi connectivity index (χ0v) is 14.5. The smallest absolute Gasteiger partial charge is 0.338 e. The van der Waals surface area contributed by atoms with Crippen LogP contribution in [0.1, 0.15) is 25.6 Å². The molecule has 0 amide bonds. The fourth-order valence-electron chi connectivity index (χ4n) is 1.84. The van der Waals surface area contributed by atoms with Crippen LogP contribution in [0.15, 0.2) is 36.4 Å². The largest absolute Gasteiger partial charge is 0.454 e. The van der Waals surface area contributed by atoms with E-state index >= 15 is 0 Å². The van der Waals surface area contributed by atoms with Crippen LogP contribution in [0.25, 0.3) is 0 Å². The summed E-state index contributed by atoms with van der Waals surface area (Å²) >= 11 is 6.85. The Hall–Kier alpha value is -1.70. The van der Waals surface area contributed by atoms with Gasteiger partial charge in [0.2, 0.25) is 5.78 Å². The van der Waals surface area contributed by atoms with Gasteiger partial charge in [-0.1, -0.05) is 23.7 Å². The highest BCUT2D eigenvalue weighted by atomic mass is 35.5. The quantitative estimate of drug-likeness (QED) is 0.575. The average molecular weight is 373 g/mol. The minimum absolute atomic E-state index is 0.166. The van der Waals surface area contributed by atoms with Gasteiger partial charge < -0.3 is 4.74 Å². The lowest BCUT2D eigenvalue weighted by molar-refractivity contribution is 0.0475. The van der Waals surface area contributed by atoms with Gasteiger partial charge in [0.1, 0.15) is 0 Å². The second-order valence-corrected chi connectivity index (χ2v) is 8.73. The molecule has 0 spiro atoms. The van der Waals surface area contributed by atoms with Gasteiger partial charge in [0, 0.05) is 6.26 Å². The Morgan fingerprint density at radius 2 is 1.96 bits per heavy atom. The van der Waals surface area contributed by atoms with Crippen LogP contribution in [0, 0.1) is 0 Å². The standard InChI is InChI=1S/C15H13ClO5S2/c1-23(19,20)9-10-3-2-4-11(7-10)15(18)21-8-12(17)13-5-6-14(16)22-13/h2-7H,8-9H2,1H3. The summed E-state index contributed by atoms with van der Waals surface area (Å²) in [4.78, 5) is 24.2. The van der Waals surface area contributed by atoms with Crippen molar-refractivity contribution in [1.29, 1.82) is 0 Å². The van der Waals surface area contributed by atoms with Crippen LogP contribution in [0.2, 0.25) is 4.34 Å². The molecule has 122 valence electrons. The van der Waals surface area contributed by atoms with Gasteiger partial charge in [-0.3, -0.25) is 4.79 Å². The van der Waals surface area contributed by atoms with Gasteiger partial charge in [-0.2, -0.15) is 0 Å². The van der Waals surface area contributed by atoms with Crippen LogP contribution in [0.4, 0.5) is 0 Å². The topological polar surface area (TPSA) is 77.5 Å². The summed E-state index contributed by atoms with van der Waals surface area (Å²) < 4.78 is 28.0. The first-order chi connectivity index (χ1) is 10.7. The van der Waals surface area contributed by atoms with Gasteiger partial charge in [0.25, 0.3) is 0 Å². The monoisotopic (exact) mass is 372 g/mol. The molecule has 5 nitrogen and oxygen atoms in total. The lowest BCUT2D eigenvalue weighted by Crippen LogP contribution is -2.13. The Morgan fingerprint density at radius 1 is 1.22 bits per heavy atom. The summed E-state index contributed by atoms with van der Waals surface area (Å²) in [6, 6.07) is 9.27. The summed E-state index contributed by atoms with van der Waals surface area (Å²) in [5.74, 6) is -1.19. The van der Waals surface area contributed by atoms with Gasteiger partial charge >= 0.3 is 5.97 Å². The number of thiophene rings is 1. The number of carbonyl (C=O) groups is 2. The molecule has 0 saturated carbocycles. The third kappa shape index (κ3) is 5.46. The van der Waals surface area contributed by atoms with Crippen molar-refractivity contribution in [3.63, 3.8) is 0 Å². The second kappa shape index (κ2) is 7.25. The summed E-state index contributed by atoms with van der Waals surface area (Å²) in [6.45, 7) is -0.397. The number of rotatable bonds is 6. The third-order valence-electron chi connectivity index (χ3n) is 2.77. The van der Waals surface area contributed by atoms with Crippen LogP contribution in [-0.2, 0) is 20.3 Å². The van der Waals surface area contributed by atoms with Crippen molar-refractivity contribution in [3.8, 4) is 0 Å². The minimum atomic E-state index is -3.20. The van der Waals surface area contributed by atoms with E-state index in [0.29, 0.717) is 14.8 Å². The van der Waals surface area contributed by atoms with Crippen LogP contribution in [-0.4, -0.2) is 33.0 Å². The molecular weight excluding hydrogens is 360 g/mol. The molecule has 2 aromatic rings. The number of halogens is 1. The van der Waals surface area contributed by atoms with Crippen molar-refractivity contribution < 1.29 is 22.7 Å². The van der Waals surface area contributed by atoms with E-state index in [1.165, 1.54) is 12.1 Å². The van der Waals surface area contributed by atoms with Gasteiger partial charge in [0.05, 0.1) is 20.5 Å². The Labute approximate surface area is 142 Å². The fourth-order valence-corrected chi connectivity index (χ4v) is 3.59. The molecule has 1 aromatic heterocycles. The van der Waals surface area contributed by atoms with Crippen molar-refractivity contribution in [2.75, 3.05) is 12.9 Å². The summed E-state index contributed by atoms with van der Waals surface area (Å²) in [7, 11) is -3.20. The molecule has 0 fully saturated rings. The summed E-state index contributed by atoms with van der Waals surface area (Å²) in [5.41, 5.74) is 0.682. The third-order valence-corrected chi connectivity index (χ3v) is 4.90. The van der Waals surface area contributed by atoms with Crippen molar-refractivity contribution in [1.82, 2.24) is 0 Å². The normalized spacial score (nSPS) is 11.2. The number of esters is 1. The van der Waals surface area contributed by atoms with E-state index in [0.717, 1.165) is 17.6 Å². The first-order valence-corrected chi connectivity index (χ1v) is 9.72. The molecule has 0 aliphatic heterocycles. The highest BCUT2D eigenvalue weighted by Crippen LogP contribution is 2.21. The molecule has 0 aliphatic carbocycles. The summed E-state index contributed by atoms with van der Waals surface area (Å²) in [5, 5.41) is 0. The first kappa shape index (κ1) is 17.7. The van der Waals surface area contributed by atoms with E-state index in [1.54, 1.807) is 24.3 Å². The maximum Gasteiger partial charge on any atom is 0.338 e. The highest BCUT2D eigenvalue weighted by Gasteiger charge is 2.14. The fraction of sp³-hybridized carbons (Fsp3) is 0.200. The first-order valence-electron chi connectivity index (χ1n) is 6.47.